The van der Waals surface area contributed by atoms with Gasteiger partial charge < -0.3 is 10.0 Å². The van der Waals surface area contributed by atoms with Crippen molar-refractivity contribution in [1.82, 2.24) is 4.90 Å². The summed E-state index contributed by atoms with van der Waals surface area (Å²) in [5.74, 6) is -0.901. The number of nitrogens with zero attached hydrogens (tertiary/aromatic N) is 1. The molecule has 0 fully saturated rings. The Balaban J connectivity index is 2.63. The summed E-state index contributed by atoms with van der Waals surface area (Å²) in [4.78, 5) is 23.8. The summed E-state index contributed by atoms with van der Waals surface area (Å²) < 4.78 is 0. The van der Waals surface area contributed by atoms with E-state index in [4.69, 9.17) is 5.11 Å². The lowest BCUT2D eigenvalue weighted by Gasteiger charge is -2.21. The lowest BCUT2D eigenvalue weighted by Crippen LogP contribution is -2.31. The fraction of sp³-hybridized carbons (Fsp3) is 0.385. The number of rotatable bonds is 6. The van der Waals surface area contributed by atoms with E-state index in [0.717, 1.165) is 5.56 Å². The highest BCUT2D eigenvalue weighted by atomic mass is 16.4. The maximum Gasteiger partial charge on any atom is 0.305 e. The number of hydrogen-bond acceptors (Lipinski definition) is 2. The van der Waals surface area contributed by atoms with Crippen molar-refractivity contribution in [3.8, 4) is 0 Å². The predicted molar refractivity (Wildman–Crippen MR) is 64.4 cm³/mol. The van der Waals surface area contributed by atoms with Crippen LogP contribution < -0.4 is 0 Å². The third-order valence-corrected chi connectivity index (χ3v) is 2.47. The normalized spacial score (nSPS) is 9.94. The zero-order valence-electron chi connectivity index (χ0n) is 9.93. The summed E-state index contributed by atoms with van der Waals surface area (Å²) in [6, 6.07) is 9.57. The van der Waals surface area contributed by atoms with Crippen LogP contribution in [0.15, 0.2) is 30.3 Å². The molecule has 0 aliphatic heterocycles. The monoisotopic (exact) mass is 235 g/mol. The lowest BCUT2D eigenvalue weighted by molar-refractivity contribution is -0.138. The van der Waals surface area contributed by atoms with E-state index in [9.17, 15) is 9.59 Å². The van der Waals surface area contributed by atoms with Crippen LogP contribution in [0, 0.1) is 0 Å². The maximum absolute atomic E-state index is 11.7. The van der Waals surface area contributed by atoms with Gasteiger partial charge in [-0.25, -0.2) is 0 Å². The van der Waals surface area contributed by atoms with Crippen LogP contribution in [0.25, 0.3) is 0 Å². The molecule has 0 unspecified atom stereocenters. The first-order valence-corrected chi connectivity index (χ1v) is 5.67. The molecule has 1 rings (SSSR count). The van der Waals surface area contributed by atoms with Crippen molar-refractivity contribution in [1.29, 1.82) is 0 Å². The maximum atomic E-state index is 11.7. The highest BCUT2D eigenvalue weighted by Gasteiger charge is 2.13. The van der Waals surface area contributed by atoms with Crippen LogP contribution >= 0.6 is 0 Å². The molecule has 0 aliphatic carbocycles. The first kappa shape index (κ1) is 13.2. The van der Waals surface area contributed by atoms with E-state index in [1.807, 2.05) is 30.3 Å². The van der Waals surface area contributed by atoms with Crippen LogP contribution in [0.2, 0.25) is 0 Å². The fourth-order valence-electron chi connectivity index (χ4n) is 1.55. The van der Waals surface area contributed by atoms with Crippen LogP contribution in [-0.4, -0.2) is 28.4 Å². The van der Waals surface area contributed by atoms with Crippen molar-refractivity contribution >= 4 is 11.9 Å². The van der Waals surface area contributed by atoms with Crippen molar-refractivity contribution in [2.24, 2.45) is 0 Å². The molecule has 4 nitrogen and oxygen atoms in total. The van der Waals surface area contributed by atoms with E-state index >= 15 is 0 Å². The molecule has 0 spiro atoms. The predicted octanol–water partition coefficient (Wildman–Crippen LogP) is 1.90. The highest BCUT2D eigenvalue weighted by Crippen LogP contribution is 2.06. The van der Waals surface area contributed by atoms with E-state index in [-0.39, 0.29) is 18.9 Å². The molecular formula is C13H17NO3. The van der Waals surface area contributed by atoms with Crippen LogP contribution in [0.4, 0.5) is 0 Å². The van der Waals surface area contributed by atoms with Crippen LogP contribution in [-0.2, 0) is 16.1 Å². The summed E-state index contributed by atoms with van der Waals surface area (Å²) in [6.07, 6.45) is 0.380. The Hall–Kier alpha value is -1.84. The van der Waals surface area contributed by atoms with Crippen molar-refractivity contribution in [2.45, 2.75) is 26.3 Å². The van der Waals surface area contributed by atoms with Gasteiger partial charge in [0.1, 0.15) is 0 Å². The lowest BCUT2D eigenvalue weighted by atomic mass is 10.2. The number of carboxylic acids is 1. The Morgan fingerprint density at radius 1 is 1.24 bits per heavy atom. The molecule has 0 saturated heterocycles. The smallest absolute Gasteiger partial charge is 0.305 e. The molecule has 1 aromatic carbocycles. The number of amides is 1. The van der Waals surface area contributed by atoms with Crippen LogP contribution in [0.5, 0.6) is 0 Å². The van der Waals surface area contributed by atoms with Crippen LogP contribution in [0.3, 0.4) is 0 Å². The van der Waals surface area contributed by atoms with Gasteiger partial charge in [-0.15, -0.1) is 0 Å². The molecule has 1 aromatic rings. The van der Waals surface area contributed by atoms with Crippen molar-refractivity contribution in [3.05, 3.63) is 35.9 Å². The third-order valence-electron chi connectivity index (χ3n) is 2.47. The van der Waals surface area contributed by atoms with E-state index in [1.165, 1.54) is 0 Å². The molecule has 4 heteroatoms. The van der Waals surface area contributed by atoms with Gasteiger partial charge in [0.15, 0.2) is 0 Å². The topological polar surface area (TPSA) is 57.6 Å². The summed E-state index contributed by atoms with van der Waals surface area (Å²) in [6.45, 7) is 2.51. The average molecular weight is 235 g/mol. The molecule has 0 aromatic heterocycles. The van der Waals surface area contributed by atoms with Gasteiger partial charge in [0.25, 0.3) is 0 Å². The van der Waals surface area contributed by atoms with Gasteiger partial charge in [-0.2, -0.15) is 0 Å². The summed E-state index contributed by atoms with van der Waals surface area (Å²) in [5, 5.41) is 8.64. The summed E-state index contributed by atoms with van der Waals surface area (Å²) >= 11 is 0. The molecular weight excluding hydrogens is 218 g/mol. The second-order valence-electron chi connectivity index (χ2n) is 3.80. The van der Waals surface area contributed by atoms with Gasteiger partial charge in [-0.3, -0.25) is 9.59 Å². The number of carbonyl (C=O) groups is 2. The van der Waals surface area contributed by atoms with Gasteiger partial charge in [-0.1, -0.05) is 37.3 Å². The van der Waals surface area contributed by atoms with Gasteiger partial charge in [0.2, 0.25) is 5.91 Å². The Bertz CT molecular complexity index is 376. The largest absolute Gasteiger partial charge is 0.481 e. The first-order valence-electron chi connectivity index (χ1n) is 5.67. The first-order chi connectivity index (χ1) is 8.13. The molecule has 1 N–H and O–H groups in total. The number of hydrogen-bond donors (Lipinski definition) is 1. The zero-order valence-corrected chi connectivity index (χ0v) is 9.93. The SMILES string of the molecule is CCC(=O)N(CCC(=O)O)Cc1ccccc1. The molecule has 0 radical (unpaired) electrons. The van der Waals surface area contributed by atoms with Gasteiger partial charge in [0.05, 0.1) is 6.42 Å². The molecule has 92 valence electrons. The Morgan fingerprint density at radius 3 is 2.41 bits per heavy atom. The second-order valence-corrected chi connectivity index (χ2v) is 3.80. The van der Waals surface area contributed by atoms with Gasteiger partial charge in [0, 0.05) is 19.5 Å². The number of benzene rings is 1. The molecule has 0 heterocycles. The minimum atomic E-state index is -0.882. The number of aliphatic carboxylic acids is 1. The van der Waals surface area contributed by atoms with Crippen LogP contribution in [0.1, 0.15) is 25.3 Å². The van der Waals surface area contributed by atoms with E-state index in [2.05, 4.69) is 0 Å². The third kappa shape index (κ3) is 4.68. The zero-order chi connectivity index (χ0) is 12.7. The molecule has 0 bridgehead atoms. The minimum Gasteiger partial charge on any atom is -0.481 e. The molecule has 0 aliphatic rings. The van der Waals surface area contributed by atoms with E-state index in [1.54, 1.807) is 11.8 Å². The van der Waals surface area contributed by atoms with Gasteiger partial charge >= 0.3 is 5.97 Å². The molecule has 0 atom stereocenters. The number of carbonyl (C=O) groups excluding carboxylic acids is 1. The minimum absolute atomic E-state index is 0.0153. The van der Waals surface area contributed by atoms with Gasteiger partial charge in [-0.05, 0) is 5.56 Å². The van der Waals surface area contributed by atoms with Crippen molar-refractivity contribution in [3.63, 3.8) is 0 Å². The Morgan fingerprint density at radius 2 is 1.88 bits per heavy atom. The molecule has 17 heavy (non-hydrogen) atoms. The average Bonchev–Trinajstić information content (AvgIpc) is 2.34. The molecule has 1 amide bonds. The van der Waals surface area contributed by atoms with Crippen molar-refractivity contribution < 1.29 is 14.7 Å². The van der Waals surface area contributed by atoms with E-state index in [0.29, 0.717) is 13.0 Å². The molecule has 0 saturated carbocycles. The fourth-order valence-corrected chi connectivity index (χ4v) is 1.55. The standard InChI is InChI=1S/C13H17NO3/c1-2-12(15)14(9-8-13(16)17)10-11-6-4-3-5-7-11/h3-7H,2,8-10H2,1H3,(H,16,17). The Kier molecular flexibility index (Phi) is 5.20. The highest BCUT2D eigenvalue weighted by molar-refractivity contribution is 5.76. The Labute approximate surface area is 101 Å². The second kappa shape index (κ2) is 6.68. The number of carboxylic acid groups (broad SMARTS) is 1. The van der Waals surface area contributed by atoms with E-state index < -0.39 is 5.97 Å². The summed E-state index contributed by atoms with van der Waals surface area (Å²) in [7, 11) is 0. The van der Waals surface area contributed by atoms with Crippen molar-refractivity contribution in [2.75, 3.05) is 6.54 Å². The summed E-state index contributed by atoms with van der Waals surface area (Å²) in [5.41, 5.74) is 1.01. The quantitative estimate of drug-likeness (QED) is 0.819.